The highest BCUT2D eigenvalue weighted by atomic mass is 16.5. The lowest BCUT2D eigenvalue weighted by Crippen LogP contribution is -2.36. The SMILES string of the molecule is CCOc1ncccc1CN(C)C(=O)NCc1cccc(OC)c1. The molecule has 0 spiro atoms. The molecule has 6 heteroatoms. The number of hydrogen-bond donors (Lipinski definition) is 1. The van der Waals surface area contributed by atoms with Crippen molar-refractivity contribution >= 4 is 6.03 Å². The molecule has 0 radical (unpaired) electrons. The molecule has 1 heterocycles. The van der Waals surface area contributed by atoms with Crippen LogP contribution in [0, 0.1) is 0 Å². The van der Waals surface area contributed by atoms with Gasteiger partial charge in [0.15, 0.2) is 0 Å². The number of benzene rings is 1. The predicted molar refractivity (Wildman–Crippen MR) is 92.1 cm³/mol. The van der Waals surface area contributed by atoms with Crippen LogP contribution in [0.3, 0.4) is 0 Å². The quantitative estimate of drug-likeness (QED) is 0.848. The van der Waals surface area contributed by atoms with Crippen LogP contribution in [0.5, 0.6) is 11.6 Å². The van der Waals surface area contributed by atoms with Gasteiger partial charge >= 0.3 is 6.03 Å². The zero-order valence-electron chi connectivity index (χ0n) is 14.3. The molecule has 128 valence electrons. The van der Waals surface area contributed by atoms with Crippen LogP contribution in [-0.4, -0.2) is 36.7 Å². The molecule has 24 heavy (non-hydrogen) atoms. The molecule has 0 fully saturated rings. The fraction of sp³-hybridized carbons (Fsp3) is 0.333. The van der Waals surface area contributed by atoms with Gasteiger partial charge < -0.3 is 19.7 Å². The number of nitrogens with one attached hydrogen (secondary N) is 1. The maximum absolute atomic E-state index is 12.3. The molecular weight excluding hydrogens is 306 g/mol. The van der Waals surface area contributed by atoms with Crippen molar-refractivity contribution in [3.63, 3.8) is 0 Å². The van der Waals surface area contributed by atoms with Crippen LogP contribution in [-0.2, 0) is 13.1 Å². The molecule has 0 aliphatic rings. The van der Waals surface area contributed by atoms with Crippen molar-refractivity contribution in [2.24, 2.45) is 0 Å². The summed E-state index contributed by atoms with van der Waals surface area (Å²) in [4.78, 5) is 18.1. The Morgan fingerprint density at radius 3 is 2.88 bits per heavy atom. The molecule has 0 aliphatic carbocycles. The summed E-state index contributed by atoms with van der Waals surface area (Å²) in [7, 11) is 3.36. The Kier molecular flexibility index (Phi) is 6.42. The predicted octanol–water partition coefficient (Wildman–Crippen LogP) is 2.83. The molecule has 1 N–H and O–H groups in total. The van der Waals surface area contributed by atoms with E-state index in [9.17, 15) is 4.79 Å². The van der Waals surface area contributed by atoms with E-state index in [1.807, 2.05) is 43.3 Å². The van der Waals surface area contributed by atoms with Crippen molar-refractivity contribution in [1.29, 1.82) is 0 Å². The summed E-state index contributed by atoms with van der Waals surface area (Å²) in [5.41, 5.74) is 1.85. The molecule has 0 bridgehead atoms. The van der Waals surface area contributed by atoms with E-state index < -0.39 is 0 Å². The summed E-state index contributed by atoms with van der Waals surface area (Å²) < 4.78 is 10.7. The molecule has 0 aliphatic heterocycles. The molecule has 2 rings (SSSR count). The van der Waals surface area contributed by atoms with Crippen molar-refractivity contribution in [1.82, 2.24) is 15.2 Å². The van der Waals surface area contributed by atoms with Crippen LogP contribution in [0.15, 0.2) is 42.6 Å². The zero-order valence-corrected chi connectivity index (χ0v) is 14.3. The molecule has 1 aromatic carbocycles. The number of hydrogen-bond acceptors (Lipinski definition) is 4. The lowest BCUT2D eigenvalue weighted by molar-refractivity contribution is 0.205. The molecule has 0 saturated heterocycles. The first-order valence-electron chi connectivity index (χ1n) is 7.82. The second-order valence-corrected chi connectivity index (χ2v) is 5.27. The van der Waals surface area contributed by atoms with E-state index in [1.165, 1.54) is 0 Å². The topological polar surface area (TPSA) is 63.7 Å². The van der Waals surface area contributed by atoms with Gasteiger partial charge in [0.2, 0.25) is 5.88 Å². The third-order valence-corrected chi connectivity index (χ3v) is 3.46. The minimum atomic E-state index is -0.163. The first kappa shape index (κ1) is 17.6. The number of nitrogens with zero attached hydrogens (tertiary/aromatic N) is 2. The number of methoxy groups -OCH3 is 1. The highest BCUT2D eigenvalue weighted by molar-refractivity contribution is 5.73. The first-order chi connectivity index (χ1) is 11.6. The van der Waals surface area contributed by atoms with E-state index in [4.69, 9.17) is 9.47 Å². The van der Waals surface area contributed by atoms with Gasteiger partial charge in [-0.3, -0.25) is 0 Å². The van der Waals surface area contributed by atoms with Crippen LogP contribution in [0.2, 0.25) is 0 Å². The minimum Gasteiger partial charge on any atom is -0.497 e. The van der Waals surface area contributed by atoms with Crippen LogP contribution < -0.4 is 14.8 Å². The number of urea groups is 1. The summed E-state index contributed by atoms with van der Waals surface area (Å²) in [6, 6.07) is 11.2. The van der Waals surface area contributed by atoms with E-state index in [-0.39, 0.29) is 6.03 Å². The average Bonchev–Trinajstić information content (AvgIpc) is 2.61. The molecule has 1 aromatic heterocycles. The fourth-order valence-corrected chi connectivity index (χ4v) is 2.23. The summed E-state index contributed by atoms with van der Waals surface area (Å²) in [6.07, 6.45) is 1.68. The number of rotatable bonds is 7. The lowest BCUT2D eigenvalue weighted by Gasteiger charge is -2.19. The molecule has 0 unspecified atom stereocenters. The zero-order chi connectivity index (χ0) is 17.4. The van der Waals surface area contributed by atoms with Crippen molar-refractivity contribution in [3.05, 3.63) is 53.7 Å². The third kappa shape index (κ3) is 4.87. The van der Waals surface area contributed by atoms with Gasteiger partial charge in [-0.25, -0.2) is 9.78 Å². The van der Waals surface area contributed by atoms with E-state index in [0.29, 0.717) is 25.6 Å². The van der Waals surface area contributed by atoms with Gasteiger partial charge in [-0.15, -0.1) is 0 Å². The Morgan fingerprint density at radius 1 is 1.29 bits per heavy atom. The summed E-state index contributed by atoms with van der Waals surface area (Å²) in [5.74, 6) is 1.33. The Hall–Kier alpha value is -2.76. The van der Waals surface area contributed by atoms with Crippen molar-refractivity contribution in [3.8, 4) is 11.6 Å². The van der Waals surface area contributed by atoms with Crippen LogP contribution in [0.25, 0.3) is 0 Å². The van der Waals surface area contributed by atoms with Crippen molar-refractivity contribution in [2.45, 2.75) is 20.0 Å². The van der Waals surface area contributed by atoms with Gasteiger partial charge in [-0.05, 0) is 30.7 Å². The van der Waals surface area contributed by atoms with E-state index in [1.54, 1.807) is 25.3 Å². The van der Waals surface area contributed by atoms with Gasteiger partial charge in [0.1, 0.15) is 5.75 Å². The van der Waals surface area contributed by atoms with Crippen molar-refractivity contribution in [2.75, 3.05) is 20.8 Å². The van der Waals surface area contributed by atoms with Gasteiger partial charge in [0.25, 0.3) is 0 Å². The van der Waals surface area contributed by atoms with Crippen molar-refractivity contribution < 1.29 is 14.3 Å². The molecule has 0 atom stereocenters. The van der Waals surface area contributed by atoms with Crippen LogP contribution in [0.4, 0.5) is 4.79 Å². The van der Waals surface area contributed by atoms with Crippen LogP contribution in [0.1, 0.15) is 18.1 Å². The van der Waals surface area contributed by atoms with Gasteiger partial charge in [0.05, 0.1) is 20.3 Å². The van der Waals surface area contributed by atoms with E-state index in [0.717, 1.165) is 16.9 Å². The van der Waals surface area contributed by atoms with Crippen LogP contribution >= 0.6 is 0 Å². The monoisotopic (exact) mass is 329 g/mol. The molecule has 6 nitrogen and oxygen atoms in total. The number of aromatic nitrogens is 1. The molecule has 2 aromatic rings. The lowest BCUT2D eigenvalue weighted by atomic mass is 10.2. The number of pyridine rings is 1. The second-order valence-electron chi connectivity index (χ2n) is 5.27. The van der Waals surface area contributed by atoms with Gasteiger partial charge in [-0.1, -0.05) is 18.2 Å². The first-order valence-corrected chi connectivity index (χ1v) is 7.82. The Labute approximate surface area is 142 Å². The average molecular weight is 329 g/mol. The maximum atomic E-state index is 12.3. The highest BCUT2D eigenvalue weighted by Crippen LogP contribution is 2.16. The standard InChI is InChI=1S/C18H23N3O3/c1-4-24-17-15(8-6-10-19-17)13-21(2)18(22)20-12-14-7-5-9-16(11-14)23-3/h5-11H,4,12-13H2,1-3H3,(H,20,22). The maximum Gasteiger partial charge on any atom is 0.317 e. The normalized spacial score (nSPS) is 10.1. The Bertz CT molecular complexity index is 676. The largest absolute Gasteiger partial charge is 0.497 e. The number of carbonyl (C=O) groups is 1. The molecule has 2 amide bonds. The summed E-state index contributed by atoms with van der Waals surface area (Å²) >= 11 is 0. The third-order valence-electron chi connectivity index (χ3n) is 3.46. The van der Waals surface area contributed by atoms with Gasteiger partial charge in [0, 0.05) is 25.4 Å². The number of amides is 2. The van der Waals surface area contributed by atoms with E-state index in [2.05, 4.69) is 10.3 Å². The minimum absolute atomic E-state index is 0.163. The number of ether oxygens (including phenoxy) is 2. The second kappa shape index (κ2) is 8.76. The highest BCUT2D eigenvalue weighted by Gasteiger charge is 2.12. The Morgan fingerprint density at radius 2 is 2.12 bits per heavy atom. The van der Waals surface area contributed by atoms with Gasteiger partial charge in [-0.2, -0.15) is 0 Å². The smallest absolute Gasteiger partial charge is 0.317 e. The Balaban J connectivity index is 1.92. The molecule has 0 saturated carbocycles. The summed E-state index contributed by atoms with van der Waals surface area (Å²) in [5, 5.41) is 2.89. The molecular formula is C18H23N3O3. The van der Waals surface area contributed by atoms with E-state index >= 15 is 0 Å². The summed E-state index contributed by atoms with van der Waals surface area (Å²) in [6.45, 7) is 3.30. The fourth-order valence-electron chi connectivity index (χ4n) is 2.23. The number of carbonyl (C=O) groups excluding carboxylic acids is 1.